The van der Waals surface area contributed by atoms with Crippen molar-refractivity contribution in [1.82, 2.24) is 10.1 Å². The molecule has 8 nitrogen and oxygen atoms in total. The predicted octanol–water partition coefficient (Wildman–Crippen LogP) is 5.07. The van der Waals surface area contributed by atoms with Gasteiger partial charge in [0.05, 0.1) is 37.6 Å². The summed E-state index contributed by atoms with van der Waals surface area (Å²) in [5.41, 5.74) is 2.18. The molecule has 4 rings (SSSR count). The van der Waals surface area contributed by atoms with Crippen molar-refractivity contribution >= 4 is 11.6 Å². The van der Waals surface area contributed by atoms with E-state index in [0.29, 0.717) is 52.1 Å². The van der Waals surface area contributed by atoms with E-state index in [4.69, 9.17) is 18.7 Å². The Morgan fingerprint density at radius 1 is 0.939 bits per heavy atom. The Morgan fingerprint density at radius 3 is 2.48 bits per heavy atom. The highest BCUT2D eigenvalue weighted by Crippen LogP contribution is 2.33. The zero-order chi connectivity index (χ0) is 23.2. The predicted molar refractivity (Wildman–Crippen MR) is 124 cm³/mol. The summed E-state index contributed by atoms with van der Waals surface area (Å²) < 4.78 is 21.7. The highest BCUT2D eigenvalue weighted by molar-refractivity contribution is 6.08. The first-order valence-corrected chi connectivity index (χ1v) is 10.3. The van der Waals surface area contributed by atoms with Gasteiger partial charge in [-0.15, -0.1) is 0 Å². The molecule has 0 bridgehead atoms. The van der Waals surface area contributed by atoms with Crippen molar-refractivity contribution in [2.45, 2.75) is 6.92 Å². The van der Waals surface area contributed by atoms with Crippen LogP contribution in [0.25, 0.3) is 22.8 Å². The number of hydrogen-bond donors (Lipinski definition) is 1. The minimum Gasteiger partial charge on any atom is -0.493 e. The topological polar surface area (TPSA) is 95.7 Å². The average Bonchev–Trinajstić information content (AvgIpc) is 3.35. The molecule has 1 heterocycles. The Morgan fingerprint density at radius 2 is 1.70 bits per heavy atom. The van der Waals surface area contributed by atoms with Crippen LogP contribution in [0.4, 0.5) is 5.69 Å². The summed E-state index contributed by atoms with van der Waals surface area (Å²) in [5.74, 6) is 2.02. The summed E-state index contributed by atoms with van der Waals surface area (Å²) in [5, 5.41) is 6.99. The molecule has 1 N–H and O–H groups in total. The van der Waals surface area contributed by atoms with Crippen LogP contribution in [0.15, 0.2) is 71.3 Å². The number of aromatic nitrogens is 2. The van der Waals surface area contributed by atoms with Gasteiger partial charge in [-0.05, 0) is 49.4 Å². The van der Waals surface area contributed by atoms with Crippen LogP contribution in [-0.2, 0) is 0 Å². The Balaban J connectivity index is 1.64. The number of rotatable bonds is 8. The van der Waals surface area contributed by atoms with Crippen LogP contribution in [0.1, 0.15) is 17.3 Å². The van der Waals surface area contributed by atoms with Crippen molar-refractivity contribution < 1.29 is 23.5 Å². The summed E-state index contributed by atoms with van der Waals surface area (Å²) >= 11 is 0. The minimum absolute atomic E-state index is 0.226. The number of methoxy groups -OCH3 is 2. The SMILES string of the molecule is CCOc1ccccc1NC(=O)c1ccccc1-c1nc(-c2ccc(OC)c(OC)c2)no1. The Labute approximate surface area is 191 Å². The molecule has 4 aromatic rings. The molecule has 1 aromatic heterocycles. The monoisotopic (exact) mass is 445 g/mol. The molecule has 0 saturated carbocycles. The van der Waals surface area contributed by atoms with Crippen molar-refractivity contribution in [2.24, 2.45) is 0 Å². The fourth-order valence-corrected chi connectivity index (χ4v) is 3.33. The first-order valence-electron chi connectivity index (χ1n) is 10.3. The molecule has 0 radical (unpaired) electrons. The maximum atomic E-state index is 13.1. The maximum Gasteiger partial charge on any atom is 0.259 e. The van der Waals surface area contributed by atoms with Crippen LogP contribution in [0, 0.1) is 0 Å². The minimum atomic E-state index is -0.316. The molecule has 0 fully saturated rings. The molecule has 0 aliphatic heterocycles. The van der Waals surface area contributed by atoms with Crippen LogP contribution >= 0.6 is 0 Å². The summed E-state index contributed by atoms with van der Waals surface area (Å²) in [6.07, 6.45) is 0. The molecular weight excluding hydrogens is 422 g/mol. The molecule has 0 aliphatic rings. The third-order valence-electron chi connectivity index (χ3n) is 4.90. The number of carbonyl (C=O) groups excluding carboxylic acids is 1. The summed E-state index contributed by atoms with van der Waals surface area (Å²) in [7, 11) is 3.13. The standard InChI is InChI=1S/C25H23N3O5/c1-4-32-20-12-8-7-11-19(20)26-24(29)17-9-5-6-10-18(17)25-27-23(28-33-25)16-13-14-21(30-2)22(15-16)31-3/h5-15H,4H2,1-3H3,(H,26,29). The van der Waals surface area contributed by atoms with Crippen LogP contribution in [0.2, 0.25) is 0 Å². The normalized spacial score (nSPS) is 10.5. The largest absolute Gasteiger partial charge is 0.493 e. The molecule has 0 atom stereocenters. The number of amides is 1. The van der Waals surface area contributed by atoms with Crippen molar-refractivity contribution in [1.29, 1.82) is 0 Å². The number of carbonyl (C=O) groups is 1. The lowest BCUT2D eigenvalue weighted by molar-refractivity contribution is 0.102. The molecule has 33 heavy (non-hydrogen) atoms. The van der Waals surface area contributed by atoms with Gasteiger partial charge < -0.3 is 24.1 Å². The zero-order valence-corrected chi connectivity index (χ0v) is 18.5. The molecule has 8 heteroatoms. The summed E-state index contributed by atoms with van der Waals surface area (Å²) in [6.45, 7) is 2.38. The van der Waals surface area contributed by atoms with Crippen molar-refractivity contribution in [3.8, 4) is 40.1 Å². The fraction of sp³-hybridized carbons (Fsp3) is 0.160. The molecular formula is C25H23N3O5. The van der Waals surface area contributed by atoms with Gasteiger partial charge in [-0.2, -0.15) is 4.98 Å². The van der Waals surface area contributed by atoms with E-state index in [1.165, 1.54) is 0 Å². The second kappa shape index (κ2) is 9.86. The van der Waals surface area contributed by atoms with Crippen LogP contribution in [-0.4, -0.2) is 36.9 Å². The number of ether oxygens (including phenoxy) is 3. The number of nitrogens with one attached hydrogen (secondary N) is 1. The number of nitrogens with zero attached hydrogens (tertiary/aromatic N) is 2. The van der Waals surface area contributed by atoms with Crippen molar-refractivity contribution in [2.75, 3.05) is 26.1 Å². The Hall–Kier alpha value is -4.33. The number of hydrogen-bond acceptors (Lipinski definition) is 7. The average molecular weight is 445 g/mol. The van der Waals surface area contributed by atoms with Gasteiger partial charge in [-0.1, -0.05) is 29.4 Å². The second-order valence-electron chi connectivity index (χ2n) is 6.92. The third-order valence-corrected chi connectivity index (χ3v) is 4.90. The smallest absolute Gasteiger partial charge is 0.259 e. The van der Waals surface area contributed by atoms with E-state index in [1.54, 1.807) is 68.8 Å². The lowest BCUT2D eigenvalue weighted by Gasteiger charge is -2.12. The van der Waals surface area contributed by atoms with E-state index in [-0.39, 0.29) is 11.8 Å². The number of anilines is 1. The van der Waals surface area contributed by atoms with Gasteiger partial charge in [0.1, 0.15) is 5.75 Å². The fourth-order valence-electron chi connectivity index (χ4n) is 3.33. The van der Waals surface area contributed by atoms with Gasteiger partial charge >= 0.3 is 0 Å². The summed E-state index contributed by atoms with van der Waals surface area (Å²) in [4.78, 5) is 17.6. The quantitative estimate of drug-likeness (QED) is 0.404. The Bertz CT molecular complexity index is 1270. The Kier molecular flexibility index (Phi) is 6.54. The lowest BCUT2D eigenvalue weighted by Crippen LogP contribution is -2.14. The molecule has 0 aliphatic carbocycles. The first kappa shape index (κ1) is 21.9. The van der Waals surface area contributed by atoms with Crippen molar-refractivity contribution in [3.63, 3.8) is 0 Å². The van der Waals surface area contributed by atoms with Crippen LogP contribution in [0.5, 0.6) is 17.2 Å². The third kappa shape index (κ3) is 4.64. The lowest BCUT2D eigenvalue weighted by atomic mass is 10.1. The first-order chi connectivity index (χ1) is 16.1. The van der Waals surface area contributed by atoms with Gasteiger partial charge in [-0.3, -0.25) is 4.79 Å². The molecule has 3 aromatic carbocycles. The van der Waals surface area contributed by atoms with Gasteiger partial charge in [0.2, 0.25) is 5.82 Å². The highest BCUT2D eigenvalue weighted by Gasteiger charge is 2.19. The van der Waals surface area contributed by atoms with Crippen LogP contribution in [0.3, 0.4) is 0 Å². The number of para-hydroxylation sites is 2. The van der Waals surface area contributed by atoms with E-state index in [9.17, 15) is 4.79 Å². The maximum absolute atomic E-state index is 13.1. The molecule has 0 unspecified atom stereocenters. The molecule has 1 amide bonds. The molecule has 168 valence electrons. The van der Waals surface area contributed by atoms with Gasteiger partial charge in [0.15, 0.2) is 11.5 Å². The zero-order valence-electron chi connectivity index (χ0n) is 18.5. The van der Waals surface area contributed by atoms with Gasteiger partial charge in [0.25, 0.3) is 11.8 Å². The molecule has 0 saturated heterocycles. The van der Waals surface area contributed by atoms with Gasteiger partial charge in [-0.25, -0.2) is 0 Å². The van der Waals surface area contributed by atoms with E-state index in [2.05, 4.69) is 15.5 Å². The highest BCUT2D eigenvalue weighted by atomic mass is 16.5. The van der Waals surface area contributed by atoms with E-state index >= 15 is 0 Å². The van der Waals surface area contributed by atoms with Crippen molar-refractivity contribution in [3.05, 3.63) is 72.3 Å². The number of benzene rings is 3. The van der Waals surface area contributed by atoms with Crippen LogP contribution < -0.4 is 19.5 Å². The van der Waals surface area contributed by atoms with E-state index < -0.39 is 0 Å². The van der Waals surface area contributed by atoms with Gasteiger partial charge in [0, 0.05) is 5.56 Å². The van der Waals surface area contributed by atoms with E-state index in [0.717, 1.165) is 0 Å². The summed E-state index contributed by atoms with van der Waals surface area (Å²) in [6, 6.07) is 19.6. The second-order valence-corrected chi connectivity index (χ2v) is 6.92. The van der Waals surface area contributed by atoms with E-state index in [1.807, 2.05) is 19.1 Å². The molecule has 0 spiro atoms.